The molecule has 152 valence electrons. The summed E-state index contributed by atoms with van der Waals surface area (Å²) in [6.45, 7) is -1.42. The van der Waals surface area contributed by atoms with Crippen molar-refractivity contribution < 1.29 is 27.2 Å². The molecule has 1 saturated heterocycles. The van der Waals surface area contributed by atoms with Crippen LogP contribution < -0.4 is 5.32 Å². The Morgan fingerprint density at radius 3 is 2.79 bits per heavy atom. The third kappa shape index (κ3) is 4.89. The number of thiazole rings is 1. The van der Waals surface area contributed by atoms with Crippen molar-refractivity contribution in [3.05, 3.63) is 51.5 Å². The average Bonchev–Trinajstić information content (AvgIpc) is 3.26. The Bertz CT molecular complexity index is 988. The Morgan fingerprint density at radius 1 is 1.34 bits per heavy atom. The zero-order valence-corrected chi connectivity index (χ0v) is 15.6. The molecule has 2 amide bonds. The van der Waals surface area contributed by atoms with Crippen LogP contribution >= 0.6 is 11.3 Å². The normalized spacial score (nSPS) is 17.8. The van der Waals surface area contributed by atoms with Gasteiger partial charge in [-0.15, -0.1) is 11.3 Å². The minimum absolute atomic E-state index is 0.00367. The number of aromatic nitrogens is 1. The molecule has 0 saturated carbocycles. The van der Waals surface area contributed by atoms with Crippen molar-refractivity contribution >= 4 is 23.2 Å². The van der Waals surface area contributed by atoms with Gasteiger partial charge in [-0.25, -0.2) is 22.5 Å². The maximum atomic E-state index is 13.4. The summed E-state index contributed by atoms with van der Waals surface area (Å²) >= 11 is 1.12. The Morgan fingerprint density at radius 2 is 2.10 bits per heavy atom. The van der Waals surface area contributed by atoms with Crippen molar-refractivity contribution in [2.24, 2.45) is 0 Å². The van der Waals surface area contributed by atoms with E-state index in [0.717, 1.165) is 28.4 Å². The zero-order valence-electron chi connectivity index (χ0n) is 14.8. The van der Waals surface area contributed by atoms with Crippen LogP contribution in [0, 0.1) is 23.0 Å². The van der Waals surface area contributed by atoms with E-state index in [1.165, 1.54) is 11.4 Å². The summed E-state index contributed by atoms with van der Waals surface area (Å²) in [6.07, 6.45) is -0.552. The number of carbonyl (C=O) groups is 2. The number of benzene rings is 1. The molecule has 0 spiro atoms. The van der Waals surface area contributed by atoms with E-state index < -0.39 is 54.9 Å². The van der Waals surface area contributed by atoms with Crippen molar-refractivity contribution in [1.29, 1.82) is 5.26 Å². The Hall–Kier alpha value is -3.00. The van der Waals surface area contributed by atoms with Crippen molar-refractivity contribution in [3.8, 4) is 6.07 Å². The number of amides is 2. The van der Waals surface area contributed by atoms with Crippen LogP contribution in [-0.2, 0) is 11.2 Å². The molecule has 1 fully saturated rings. The van der Waals surface area contributed by atoms with E-state index in [0.29, 0.717) is 10.6 Å². The fourth-order valence-corrected chi connectivity index (χ4v) is 3.67. The predicted octanol–water partition coefficient (Wildman–Crippen LogP) is 2.50. The minimum atomic E-state index is -3.14. The summed E-state index contributed by atoms with van der Waals surface area (Å²) in [5.41, 5.74) is 0.474. The first-order valence-electron chi connectivity index (χ1n) is 8.42. The highest BCUT2D eigenvalue weighted by atomic mass is 32.1. The van der Waals surface area contributed by atoms with Gasteiger partial charge in [-0.3, -0.25) is 9.59 Å². The van der Waals surface area contributed by atoms with Crippen LogP contribution in [0.25, 0.3) is 0 Å². The van der Waals surface area contributed by atoms with Crippen molar-refractivity contribution in [1.82, 2.24) is 15.2 Å². The van der Waals surface area contributed by atoms with Crippen LogP contribution in [-0.4, -0.2) is 46.8 Å². The average molecular weight is 426 g/mol. The molecule has 0 unspecified atom stereocenters. The lowest BCUT2D eigenvalue weighted by atomic mass is 10.1. The first-order valence-corrected chi connectivity index (χ1v) is 9.30. The molecule has 0 aliphatic carbocycles. The van der Waals surface area contributed by atoms with Gasteiger partial charge in [0.1, 0.15) is 11.7 Å². The molecule has 11 heteroatoms. The van der Waals surface area contributed by atoms with E-state index in [1.807, 2.05) is 0 Å². The number of rotatable bonds is 5. The SMILES string of the molecule is N#C[C@@H]1CC(F)(F)CN1C(=O)CNC(=O)c1csc(Cc2ccc(F)c(F)c2)n1. The molecular weight excluding hydrogens is 412 g/mol. The summed E-state index contributed by atoms with van der Waals surface area (Å²) in [7, 11) is 0. The van der Waals surface area contributed by atoms with Crippen LogP contribution in [0.1, 0.15) is 27.5 Å². The molecule has 1 aliphatic rings. The highest BCUT2D eigenvalue weighted by Crippen LogP contribution is 2.31. The first-order chi connectivity index (χ1) is 13.7. The lowest BCUT2D eigenvalue weighted by Crippen LogP contribution is -2.43. The van der Waals surface area contributed by atoms with Gasteiger partial charge in [0.05, 0.1) is 24.2 Å². The van der Waals surface area contributed by atoms with Gasteiger partial charge in [0, 0.05) is 18.2 Å². The number of hydrogen-bond donors (Lipinski definition) is 1. The molecule has 2 heterocycles. The van der Waals surface area contributed by atoms with Gasteiger partial charge >= 0.3 is 0 Å². The van der Waals surface area contributed by atoms with Gasteiger partial charge in [0.25, 0.3) is 11.8 Å². The minimum Gasteiger partial charge on any atom is -0.342 e. The van der Waals surface area contributed by atoms with E-state index in [9.17, 15) is 27.2 Å². The van der Waals surface area contributed by atoms with E-state index in [1.54, 1.807) is 6.07 Å². The molecule has 1 aromatic carbocycles. The number of nitrogens with zero attached hydrogens (tertiary/aromatic N) is 3. The number of likely N-dealkylation sites (tertiary alicyclic amines) is 1. The van der Waals surface area contributed by atoms with Gasteiger partial charge in [-0.2, -0.15) is 5.26 Å². The number of nitriles is 1. The van der Waals surface area contributed by atoms with Gasteiger partial charge in [0.15, 0.2) is 11.6 Å². The van der Waals surface area contributed by atoms with E-state index >= 15 is 0 Å². The molecule has 2 aromatic rings. The number of nitrogens with one attached hydrogen (secondary N) is 1. The molecule has 0 bridgehead atoms. The topological polar surface area (TPSA) is 86.1 Å². The van der Waals surface area contributed by atoms with Crippen LogP contribution in [0.4, 0.5) is 17.6 Å². The Kier molecular flexibility index (Phi) is 5.83. The smallest absolute Gasteiger partial charge is 0.271 e. The molecule has 3 rings (SSSR count). The number of halogens is 4. The summed E-state index contributed by atoms with van der Waals surface area (Å²) in [4.78, 5) is 29.1. The second kappa shape index (κ2) is 8.16. The molecule has 1 aromatic heterocycles. The first kappa shape index (κ1) is 20.7. The second-order valence-corrected chi connectivity index (χ2v) is 7.40. The molecule has 1 N–H and O–H groups in total. The van der Waals surface area contributed by atoms with Gasteiger partial charge in [0.2, 0.25) is 5.91 Å². The van der Waals surface area contributed by atoms with E-state index in [4.69, 9.17) is 5.26 Å². The zero-order chi connectivity index (χ0) is 21.2. The molecule has 29 heavy (non-hydrogen) atoms. The second-order valence-electron chi connectivity index (χ2n) is 6.46. The van der Waals surface area contributed by atoms with Crippen LogP contribution in [0.15, 0.2) is 23.6 Å². The molecule has 0 radical (unpaired) electrons. The lowest BCUT2D eigenvalue weighted by Gasteiger charge is -2.19. The van der Waals surface area contributed by atoms with Gasteiger partial charge < -0.3 is 10.2 Å². The van der Waals surface area contributed by atoms with E-state index in [-0.39, 0.29) is 12.1 Å². The maximum absolute atomic E-state index is 13.4. The highest BCUT2D eigenvalue weighted by Gasteiger charge is 2.47. The van der Waals surface area contributed by atoms with Crippen LogP contribution in [0.2, 0.25) is 0 Å². The van der Waals surface area contributed by atoms with Crippen molar-refractivity contribution in [3.63, 3.8) is 0 Å². The Balaban J connectivity index is 1.57. The van der Waals surface area contributed by atoms with Gasteiger partial charge in [-0.1, -0.05) is 6.07 Å². The Labute approximate surface area is 166 Å². The summed E-state index contributed by atoms with van der Waals surface area (Å²) < 4.78 is 53.0. The summed E-state index contributed by atoms with van der Waals surface area (Å²) in [5.74, 6) is -6.57. The fourth-order valence-electron chi connectivity index (χ4n) is 2.86. The largest absolute Gasteiger partial charge is 0.342 e. The molecule has 1 atom stereocenters. The van der Waals surface area contributed by atoms with Gasteiger partial charge in [-0.05, 0) is 17.7 Å². The van der Waals surface area contributed by atoms with E-state index in [2.05, 4.69) is 10.3 Å². The van der Waals surface area contributed by atoms with Crippen molar-refractivity contribution in [2.75, 3.05) is 13.1 Å². The third-order valence-corrected chi connectivity index (χ3v) is 5.11. The summed E-state index contributed by atoms with van der Waals surface area (Å²) in [6, 6.07) is 3.84. The predicted molar refractivity (Wildman–Crippen MR) is 94.3 cm³/mol. The monoisotopic (exact) mass is 426 g/mol. The highest BCUT2D eigenvalue weighted by molar-refractivity contribution is 7.09. The van der Waals surface area contributed by atoms with Crippen LogP contribution in [0.5, 0.6) is 0 Å². The molecule has 6 nitrogen and oxygen atoms in total. The number of alkyl halides is 2. The number of carbonyl (C=O) groups excluding carboxylic acids is 2. The standard InChI is InChI=1S/C18H14F4N4O2S/c19-12-2-1-10(3-13(12)20)4-15-25-14(8-29-15)17(28)24-7-16(27)26-9-18(21,22)5-11(26)6-23/h1-3,8,11H,4-5,7,9H2,(H,24,28)/t11-/m0/s1. The summed E-state index contributed by atoms with van der Waals surface area (Å²) in [5, 5.41) is 13.1. The van der Waals surface area contributed by atoms with Crippen molar-refractivity contribution in [2.45, 2.75) is 24.8 Å². The third-order valence-electron chi connectivity index (χ3n) is 4.26. The molecular formula is C18H14F4N4O2S. The maximum Gasteiger partial charge on any atom is 0.271 e. The lowest BCUT2D eigenvalue weighted by molar-refractivity contribution is -0.131. The van der Waals surface area contributed by atoms with Crippen LogP contribution in [0.3, 0.4) is 0 Å². The fraction of sp³-hybridized carbons (Fsp3) is 0.333. The molecule has 1 aliphatic heterocycles. The quantitative estimate of drug-likeness (QED) is 0.745. The number of hydrogen-bond acceptors (Lipinski definition) is 5.